The first-order chi connectivity index (χ1) is 10.0. The molecule has 2 aliphatic rings. The molecule has 1 spiro atoms. The van der Waals surface area contributed by atoms with Crippen LogP contribution in [0.25, 0.3) is 0 Å². The lowest BCUT2D eigenvalue weighted by molar-refractivity contribution is -0.130. The number of rotatable bonds is 5. The standard InChI is InChI=1S/C15H25N3O3/c1-3-11(4-2)16-12(19)10-18-14(21)17-13(20)15(18)8-6-5-7-9-15/h11H,3-10H2,1-2H3,(H,16,19)(H,17,20,21). The summed E-state index contributed by atoms with van der Waals surface area (Å²) in [4.78, 5) is 37.8. The van der Waals surface area contributed by atoms with Crippen LogP contribution in [0, 0.1) is 0 Å². The number of hydrogen-bond acceptors (Lipinski definition) is 3. The number of nitrogens with one attached hydrogen (secondary N) is 2. The predicted octanol–water partition coefficient (Wildman–Crippen LogP) is 1.55. The highest BCUT2D eigenvalue weighted by Crippen LogP contribution is 2.36. The highest BCUT2D eigenvalue weighted by atomic mass is 16.2. The van der Waals surface area contributed by atoms with Crippen LogP contribution < -0.4 is 10.6 Å². The molecule has 0 aromatic rings. The molecule has 1 aliphatic heterocycles. The maximum atomic E-state index is 12.2. The molecule has 1 aliphatic carbocycles. The molecule has 2 N–H and O–H groups in total. The molecule has 0 atom stereocenters. The summed E-state index contributed by atoms with van der Waals surface area (Å²) in [6.07, 6.45) is 5.95. The number of urea groups is 1. The molecule has 6 nitrogen and oxygen atoms in total. The van der Waals surface area contributed by atoms with Crippen molar-refractivity contribution in [2.24, 2.45) is 0 Å². The van der Waals surface area contributed by atoms with Gasteiger partial charge in [0.15, 0.2) is 0 Å². The van der Waals surface area contributed by atoms with E-state index in [4.69, 9.17) is 0 Å². The van der Waals surface area contributed by atoms with Crippen molar-refractivity contribution in [1.82, 2.24) is 15.5 Å². The predicted molar refractivity (Wildman–Crippen MR) is 78.6 cm³/mol. The number of carbonyl (C=O) groups excluding carboxylic acids is 3. The molecule has 6 heteroatoms. The van der Waals surface area contributed by atoms with Gasteiger partial charge in [-0.2, -0.15) is 0 Å². The maximum Gasteiger partial charge on any atom is 0.325 e. The van der Waals surface area contributed by atoms with Crippen LogP contribution in [0.3, 0.4) is 0 Å². The second kappa shape index (κ2) is 6.45. The van der Waals surface area contributed by atoms with Crippen LogP contribution in [0.15, 0.2) is 0 Å². The first-order valence-electron chi connectivity index (χ1n) is 7.96. The summed E-state index contributed by atoms with van der Waals surface area (Å²) in [7, 11) is 0. The van der Waals surface area contributed by atoms with Crippen molar-refractivity contribution in [1.29, 1.82) is 0 Å². The van der Waals surface area contributed by atoms with E-state index in [1.54, 1.807) is 0 Å². The van der Waals surface area contributed by atoms with Gasteiger partial charge < -0.3 is 10.2 Å². The van der Waals surface area contributed by atoms with Gasteiger partial charge in [-0.25, -0.2) is 4.79 Å². The average Bonchev–Trinajstić information content (AvgIpc) is 2.70. The van der Waals surface area contributed by atoms with Crippen LogP contribution in [0.1, 0.15) is 58.8 Å². The Hall–Kier alpha value is -1.59. The van der Waals surface area contributed by atoms with E-state index < -0.39 is 11.6 Å². The van der Waals surface area contributed by atoms with Gasteiger partial charge in [0, 0.05) is 6.04 Å². The van der Waals surface area contributed by atoms with Gasteiger partial charge >= 0.3 is 6.03 Å². The minimum atomic E-state index is -0.791. The van der Waals surface area contributed by atoms with Crippen molar-refractivity contribution in [2.45, 2.75) is 70.4 Å². The van der Waals surface area contributed by atoms with Gasteiger partial charge in [-0.15, -0.1) is 0 Å². The number of carbonyl (C=O) groups is 3. The Kier molecular flexibility index (Phi) is 4.85. The zero-order chi connectivity index (χ0) is 15.5. The highest BCUT2D eigenvalue weighted by molar-refractivity contribution is 6.08. The Bertz CT molecular complexity index is 426. The van der Waals surface area contributed by atoms with E-state index in [-0.39, 0.29) is 24.4 Å². The molecule has 0 radical (unpaired) electrons. The van der Waals surface area contributed by atoms with Gasteiger partial charge in [-0.05, 0) is 25.7 Å². The molecule has 0 aromatic carbocycles. The third kappa shape index (κ3) is 3.04. The first-order valence-corrected chi connectivity index (χ1v) is 7.96. The molecule has 0 aromatic heterocycles. The zero-order valence-electron chi connectivity index (χ0n) is 12.9. The molecule has 118 valence electrons. The molecule has 21 heavy (non-hydrogen) atoms. The Labute approximate surface area is 125 Å². The molecule has 0 bridgehead atoms. The van der Waals surface area contributed by atoms with Crippen molar-refractivity contribution in [3.05, 3.63) is 0 Å². The average molecular weight is 295 g/mol. The quantitative estimate of drug-likeness (QED) is 0.755. The first kappa shape index (κ1) is 15.8. The van der Waals surface area contributed by atoms with Gasteiger partial charge in [-0.1, -0.05) is 33.1 Å². The Morgan fingerprint density at radius 3 is 2.43 bits per heavy atom. The van der Waals surface area contributed by atoms with Gasteiger partial charge in [0.2, 0.25) is 5.91 Å². The maximum absolute atomic E-state index is 12.2. The summed E-state index contributed by atoms with van der Waals surface area (Å²) in [6.45, 7) is 4.00. The highest BCUT2D eigenvalue weighted by Gasteiger charge is 2.53. The summed E-state index contributed by atoms with van der Waals surface area (Å²) < 4.78 is 0. The van der Waals surface area contributed by atoms with E-state index in [1.807, 2.05) is 13.8 Å². The normalized spacial score (nSPS) is 21.0. The second-order valence-corrected chi connectivity index (χ2v) is 6.02. The SMILES string of the molecule is CCC(CC)NC(=O)CN1C(=O)NC(=O)C12CCCCC2. The van der Waals surface area contributed by atoms with Gasteiger partial charge in [0.25, 0.3) is 5.91 Å². The molecule has 2 rings (SSSR count). The summed E-state index contributed by atoms with van der Waals surface area (Å²) >= 11 is 0. The molecule has 0 unspecified atom stereocenters. The third-order valence-electron chi connectivity index (χ3n) is 4.74. The minimum Gasteiger partial charge on any atom is -0.352 e. The fourth-order valence-corrected chi connectivity index (χ4v) is 3.36. The smallest absolute Gasteiger partial charge is 0.325 e. The zero-order valence-corrected chi connectivity index (χ0v) is 12.9. The van der Waals surface area contributed by atoms with Crippen molar-refractivity contribution in [2.75, 3.05) is 6.54 Å². The summed E-state index contributed by atoms with van der Waals surface area (Å²) in [5.74, 6) is -0.416. The van der Waals surface area contributed by atoms with Gasteiger partial charge in [0.05, 0.1) is 0 Å². The van der Waals surface area contributed by atoms with Crippen LogP contribution in [0.2, 0.25) is 0 Å². The lowest BCUT2D eigenvalue weighted by Crippen LogP contribution is -2.54. The van der Waals surface area contributed by atoms with Gasteiger partial charge in [0.1, 0.15) is 12.1 Å². The van der Waals surface area contributed by atoms with Crippen molar-refractivity contribution in [3.63, 3.8) is 0 Å². The van der Waals surface area contributed by atoms with E-state index in [0.29, 0.717) is 12.8 Å². The van der Waals surface area contributed by atoms with E-state index in [0.717, 1.165) is 32.1 Å². The fourth-order valence-electron chi connectivity index (χ4n) is 3.36. The summed E-state index contributed by atoms with van der Waals surface area (Å²) in [5.41, 5.74) is -0.791. The second-order valence-electron chi connectivity index (χ2n) is 6.02. The van der Waals surface area contributed by atoms with Crippen LogP contribution in [-0.2, 0) is 9.59 Å². The Balaban J connectivity index is 2.07. The monoisotopic (exact) mass is 295 g/mol. The van der Waals surface area contributed by atoms with E-state index in [2.05, 4.69) is 10.6 Å². The summed E-state index contributed by atoms with van der Waals surface area (Å²) in [5, 5.41) is 5.31. The van der Waals surface area contributed by atoms with E-state index in [9.17, 15) is 14.4 Å². The third-order valence-corrected chi connectivity index (χ3v) is 4.74. The van der Waals surface area contributed by atoms with Crippen LogP contribution in [-0.4, -0.2) is 40.9 Å². The van der Waals surface area contributed by atoms with Crippen LogP contribution in [0.5, 0.6) is 0 Å². The molecule has 1 heterocycles. The molecular weight excluding hydrogens is 270 g/mol. The lowest BCUT2D eigenvalue weighted by atomic mass is 9.80. The molecule has 4 amide bonds. The Morgan fingerprint density at radius 2 is 1.86 bits per heavy atom. The molecule has 1 saturated heterocycles. The topological polar surface area (TPSA) is 78.5 Å². The largest absolute Gasteiger partial charge is 0.352 e. The van der Waals surface area contributed by atoms with Gasteiger partial charge in [-0.3, -0.25) is 14.9 Å². The molecule has 2 fully saturated rings. The number of nitrogens with zero attached hydrogens (tertiary/aromatic N) is 1. The molecular formula is C15H25N3O3. The van der Waals surface area contributed by atoms with Crippen molar-refractivity contribution >= 4 is 17.8 Å². The Morgan fingerprint density at radius 1 is 1.24 bits per heavy atom. The molecule has 1 saturated carbocycles. The number of amides is 4. The number of imide groups is 1. The number of hydrogen-bond donors (Lipinski definition) is 2. The van der Waals surface area contributed by atoms with E-state index in [1.165, 1.54) is 4.90 Å². The fraction of sp³-hybridized carbons (Fsp3) is 0.800. The van der Waals surface area contributed by atoms with Crippen molar-refractivity contribution in [3.8, 4) is 0 Å². The lowest BCUT2D eigenvalue weighted by Gasteiger charge is -2.37. The van der Waals surface area contributed by atoms with Crippen LogP contribution >= 0.6 is 0 Å². The summed E-state index contributed by atoms with van der Waals surface area (Å²) in [6, 6.07) is -0.303. The van der Waals surface area contributed by atoms with Crippen LogP contribution in [0.4, 0.5) is 4.79 Å². The van der Waals surface area contributed by atoms with Crippen molar-refractivity contribution < 1.29 is 14.4 Å². The van der Waals surface area contributed by atoms with E-state index >= 15 is 0 Å². The minimum absolute atomic E-state index is 0.0337.